The van der Waals surface area contributed by atoms with Gasteiger partial charge >= 0.3 is 5.97 Å². The predicted octanol–water partition coefficient (Wildman–Crippen LogP) is 4.50. The Bertz CT molecular complexity index is 318. The molecule has 0 saturated heterocycles. The molecule has 0 aromatic rings. The van der Waals surface area contributed by atoms with E-state index in [1.54, 1.807) is 6.92 Å². The van der Waals surface area contributed by atoms with Crippen LogP contribution in [0.3, 0.4) is 0 Å². The molecular weight excluding hydrogens is 252 g/mol. The first-order valence-corrected chi connectivity index (χ1v) is 9.49. The molecule has 106 valence electrons. The summed E-state index contributed by atoms with van der Waals surface area (Å²) in [7, 11) is -1.46. The van der Waals surface area contributed by atoms with Crippen LogP contribution in [0, 0.1) is 0 Å². The van der Waals surface area contributed by atoms with Gasteiger partial charge in [0.1, 0.15) is 0 Å². The molecule has 0 heterocycles. The van der Waals surface area contributed by atoms with Crippen molar-refractivity contribution in [1.29, 1.82) is 0 Å². The van der Waals surface area contributed by atoms with Crippen LogP contribution in [0.5, 0.6) is 0 Å². The summed E-state index contributed by atoms with van der Waals surface area (Å²) in [5.74, 6) is -0.302. The molecule has 0 amide bonds. The Morgan fingerprint density at radius 2 is 1.58 bits per heavy atom. The zero-order valence-electron chi connectivity index (χ0n) is 12.1. The lowest BCUT2D eigenvalue weighted by molar-refractivity contribution is -0.138. The summed E-state index contributed by atoms with van der Waals surface area (Å²) >= 11 is 0. The molecular formula is C16H26O2Si. The van der Waals surface area contributed by atoms with Gasteiger partial charge in [-0.3, -0.25) is 0 Å². The van der Waals surface area contributed by atoms with Crippen LogP contribution in [0.1, 0.15) is 13.3 Å². The first-order valence-electron chi connectivity index (χ1n) is 6.66. The van der Waals surface area contributed by atoms with E-state index in [1.807, 2.05) is 18.2 Å². The Hall–Kier alpha value is -1.35. The maximum atomic E-state index is 11.3. The normalized spacial score (nSPS) is 10.6. The second-order valence-corrected chi connectivity index (χ2v) is 9.72. The van der Waals surface area contributed by atoms with Gasteiger partial charge in [0.2, 0.25) is 0 Å². The Kier molecular flexibility index (Phi) is 8.88. The fraction of sp³-hybridized carbons (Fsp3) is 0.438. The Labute approximate surface area is 118 Å². The number of hydrogen-bond donors (Lipinski definition) is 0. The third kappa shape index (κ3) is 6.96. The Balaban J connectivity index is 4.35. The number of hydrogen-bond acceptors (Lipinski definition) is 2. The number of carbonyl (C=O) groups is 1. The van der Waals surface area contributed by atoms with Gasteiger partial charge in [-0.15, -0.1) is 19.7 Å². The van der Waals surface area contributed by atoms with Crippen LogP contribution in [0.15, 0.2) is 50.1 Å². The minimum atomic E-state index is -1.46. The molecule has 0 atom stereocenters. The number of allylic oxidation sites excluding steroid dienone is 3. The summed E-state index contributed by atoms with van der Waals surface area (Å²) in [4.78, 5) is 11.3. The standard InChI is InChI=1S/C16H26O2Si/c1-6-11-19(12-7-2,13-8-3)14-9-10-18-16(17)15(4)5/h6-8H,1-4,9-14H2,5H3. The molecule has 19 heavy (non-hydrogen) atoms. The lowest BCUT2D eigenvalue weighted by Crippen LogP contribution is -2.32. The van der Waals surface area contributed by atoms with Gasteiger partial charge in [-0.1, -0.05) is 30.9 Å². The zero-order valence-corrected chi connectivity index (χ0v) is 13.1. The van der Waals surface area contributed by atoms with E-state index >= 15 is 0 Å². The summed E-state index contributed by atoms with van der Waals surface area (Å²) in [6, 6.07) is 4.26. The van der Waals surface area contributed by atoms with Crippen molar-refractivity contribution in [1.82, 2.24) is 0 Å². The van der Waals surface area contributed by atoms with Crippen molar-refractivity contribution in [2.45, 2.75) is 37.5 Å². The third-order valence-corrected chi connectivity index (χ3v) is 8.04. The lowest BCUT2D eigenvalue weighted by atomic mass is 10.4. The summed E-state index contributed by atoms with van der Waals surface area (Å²) in [5, 5.41) is 0. The molecule has 0 aromatic carbocycles. The van der Waals surface area contributed by atoms with Gasteiger partial charge < -0.3 is 4.74 Å². The SMILES string of the molecule is C=CC[Si](CC=C)(CC=C)CCCOC(=O)C(=C)C. The molecule has 3 heteroatoms. The fourth-order valence-electron chi connectivity index (χ4n) is 2.21. The Morgan fingerprint density at radius 3 is 1.95 bits per heavy atom. The first-order chi connectivity index (χ1) is 9.01. The molecule has 0 radical (unpaired) electrons. The molecule has 0 bridgehead atoms. The lowest BCUT2D eigenvalue weighted by Gasteiger charge is -2.28. The largest absolute Gasteiger partial charge is 0.462 e. The van der Waals surface area contributed by atoms with Gasteiger partial charge in [0.05, 0.1) is 14.7 Å². The number of carbonyl (C=O) groups excluding carboxylic acids is 1. The molecule has 0 aliphatic rings. The van der Waals surface area contributed by atoms with E-state index in [1.165, 1.54) is 0 Å². The van der Waals surface area contributed by atoms with E-state index in [9.17, 15) is 4.79 Å². The van der Waals surface area contributed by atoms with E-state index in [2.05, 4.69) is 26.3 Å². The molecule has 0 fully saturated rings. The molecule has 0 rings (SSSR count). The molecule has 2 nitrogen and oxygen atoms in total. The van der Waals surface area contributed by atoms with Crippen molar-refractivity contribution in [2.75, 3.05) is 6.61 Å². The van der Waals surface area contributed by atoms with Crippen LogP contribution in [0.25, 0.3) is 0 Å². The van der Waals surface area contributed by atoms with E-state index < -0.39 is 8.07 Å². The molecule has 0 unspecified atom stereocenters. The number of rotatable bonds is 11. The average Bonchev–Trinajstić information content (AvgIpc) is 2.35. The van der Waals surface area contributed by atoms with Gasteiger partial charge in [0.25, 0.3) is 0 Å². The van der Waals surface area contributed by atoms with Gasteiger partial charge in [-0.2, -0.15) is 0 Å². The topological polar surface area (TPSA) is 26.3 Å². The van der Waals surface area contributed by atoms with Gasteiger partial charge in [0, 0.05) is 5.57 Å². The van der Waals surface area contributed by atoms with Gasteiger partial charge in [-0.25, -0.2) is 4.79 Å². The second kappa shape index (κ2) is 9.56. The van der Waals surface area contributed by atoms with E-state index in [0.717, 1.165) is 30.6 Å². The van der Waals surface area contributed by atoms with Crippen molar-refractivity contribution in [2.24, 2.45) is 0 Å². The molecule has 0 spiro atoms. The maximum absolute atomic E-state index is 11.3. The smallest absolute Gasteiger partial charge is 0.333 e. The highest BCUT2D eigenvalue weighted by Gasteiger charge is 2.28. The van der Waals surface area contributed by atoms with Crippen LogP contribution >= 0.6 is 0 Å². The van der Waals surface area contributed by atoms with Gasteiger partial charge in [-0.05, 0) is 31.5 Å². The number of esters is 1. The summed E-state index contributed by atoms with van der Waals surface area (Å²) in [6.07, 6.45) is 6.89. The quantitative estimate of drug-likeness (QED) is 0.183. The van der Waals surface area contributed by atoms with E-state index in [-0.39, 0.29) is 5.97 Å². The van der Waals surface area contributed by atoms with Crippen LogP contribution < -0.4 is 0 Å². The zero-order chi connectivity index (χ0) is 14.7. The maximum Gasteiger partial charge on any atom is 0.333 e. The van der Waals surface area contributed by atoms with Crippen LogP contribution in [-0.4, -0.2) is 20.7 Å². The van der Waals surface area contributed by atoms with E-state index in [4.69, 9.17) is 4.74 Å². The minimum absolute atomic E-state index is 0.302. The predicted molar refractivity (Wildman–Crippen MR) is 86.0 cm³/mol. The molecule has 0 aliphatic heterocycles. The minimum Gasteiger partial charge on any atom is -0.462 e. The number of ether oxygens (including phenoxy) is 1. The van der Waals surface area contributed by atoms with Gasteiger partial charge in [0.15, 0.2) is 0 Å². The van der Waals surface area contributed by atoms with Crippen molar-refractivity contribution >= 4 is 14.0 Å². The highest BCUT2D eigenvalue weighted by molar-refractivity contribution is 6.81. The summed E-state index contributed by atoms with van der Waals surface area (Å²) < 4.78 is 5.14. The third-order valence-electron chi connectivity index (χ3n) is 3.17. The fourth-order valence-corrected chi connectivity index (χ4v) is 6.05. The Morgan fingerprint density at radius 1 is 1.11 bits per heavy atom. The molecule has 0 N–H and O–H groups in total. The monoisotopic (exact) mass is 278 g/mol. The van der Waals surface area contributed by atoms with Crippen molar-refractivity contribution < 1.29 is 9.53 Å². The second-order valence-electron chi connectivity index (χ2n) is 5.00. The van der Waals surface area contributed by atoms with Crippen LogP contribution in [0.4, 0.5) is 0 Å². The summed E-state index contributed by atoms with van der Waals surface area (Å²) in [6.45, 7) is 17.3. The summed E-state index contributed by atoms with van der Waals surface area (Å²) in [5.41, 5.74) is 0.451. The highest BCUT2D eigenvalue weighted by Crippen LogP contribution is 2.28. The highest BCUT2D eigenvalue weighted by atomic mass is 28.3. The van der Waals surface area contributed by atoms with Crippen molar-refractivity contribution in [3.05, 3.63) is 50.1 Å². The van der Waals surface area contributed by atoms with Crippen LogP contribution in [0.2, 0.25) is 24.2 Å². The first kappa shape index (κ1) is 17.6. The van der Waals surface area contributed by atoms with Crippen LogP contribution in [-0.2, 0) is 9.53 Å². The molecule has 0 saturated carbocycles. The average molecular weight is 278 g/mol. The molecule has 0 aliphatic carbocycles. The van der Waals surface area contributed by atoms with Crippen molar-refractivity contribution in [3.8, 4) is 0 Å². The van der Waals surface area contributed by atoms with Crippen molar-refractivity contribution in [3.63, 3.8) is 0 Å². The van der Waals surface area contributed by atoms with E-state index in [0.29, 0.717) is 12.2 Å². The molecule has 0 aromatic heterocycles.